The van der Waals surface area contributed by atoms with E-state index in [0.717, 1.165) is 16.1 Å². The van der Waals surface area contributed by atoms with E-state index in [4.69, 9.17) is 16.3 Å². The van der Waals surface area contributed by atoms with Crippen LogP contribution in [0, 0.1) is 17.9 Å². The second kappa shape index (κ2) is 5.04. The number of nitrogens with zero attached hydrogens (tertiary/aromatic N) is 3. The van der Waals surface area contributed by atoms with Crippen molar-refractivity contribution >= 4 is 32.9 Å². The Hall–Kier alpha value is -2.83. The highest BCUT2D eigenvalue weighted by atomic mass is 32.1. The molecule has 0 aliphatic carbocycles. The lowest BCUT2D eigenvalue weighted by molar-refractivity contribution is 0.518. The van der Waals surface area contributed by atoms with Crippen LogP contribution in [-0.2, 0) is 6.54 Å². The van der Waals surface area contributed by atoms with Gasteiger partial charge < -0.3 is 9.73 Å². The monoisotopic (exact) mass is 280 g/mol. The van der Waals surface area contributed by atoms with E-state index in [9.17, 15) is 0 Å². The van der Waals surface area contributed by atoms with Crippen molar-refractivity contribution < 1.29 is 4.42 Å². The molecule has 0 amide bonds. The summed E-state index contributed by atoms with van der Waals surface area (Å²) >= 11 is 1.44. The second-order valence-corrected chi connectivity index (χ2v) is 4.89. The number of anilines is 1. The normalized spacial score (nSPS) is 10.1. The molecule has 96 valence electrons. The molecule has 0 atom stereocenters. The maximum absolute atomic E-state index is 9.04. The Morgan fingerprint density at radius 1 is 1.55 bits per heavy atom. The summed E-state index contributed by atoms with van der Waals surface area (Å²) in [5.74, 6) is 0.801. The van der Waals surface area contributed by atoms with Gasteiger partial charge in [0.15, 0.2) is 0 Å². The zero-order valence-corrected chi connectivity index (χ0v) is 11.1. The van der Waals surface area contributed by atoms with E-state index >= 15 is 0 Å². The van der Waals surface area contributed by atoms with Gasteiger partial charge in [0.05, 0.1) is 35.3 Å². The van der Waals surface area contributed by atoms with Gasteiger partial charge >= 0.3 is 0 Å². The Morgan fingerprint density at radius 2 is 2.45 bits per heavy atom. The van der Waals surface area contributed by atoms with Crippen molar-refractivity contribution in [2.75, 3.05) is 5.32 Å². The van der Waals surface area contributed by atoms with E-state index in [1.165, 1.54) is 11.3 Å². The van der Waals surface area contributed by atoms with Crippen LogP contribution in [0.15, 0.2) is 34.3 Å². The summed E-state index contributed by atoms with van der Waals surface area (Å²) in [7, 11) is 0. The van der Waals surface area contributed by atoms with Gasteiger partial charge in [-0.1, -0.05) is 0 Å². The standard InChI is InChI=1S/C14H8N4OS/c1-16-12-8-20-14-11(5-9(6-15)18-13(12)14)17-7-10-3-2-4-19-10/h2-5,8H,7H2,(H,17,18). The summed E-state index contributed by atoms with van der Waals surface area (Å²) in [6, 6.07) is 7.40. The Morgan fingerprint density at radius 3 is 3.15 bits per heavy atom. The molecule has 6 heteroatoms. The molecule has 20 heavy (non-hydrogen) atoms. The molecule has 0 fully saturated rings. The van der Waals surface area contributed by atoms with Crippen LogP contribution in [-0.4, -0.2) is 4.98 Å². The number of furan rings is 1. The van der Waals surface area contributed by atoms with E-state index in [0.29, 0.717) is 23.4 Å². The molecule has 1 N–H and O–H groups in total. The quantitative estimate of drug-likeness (QED) is 0.738. The van der Waals surface area contributed by atoms with Gasteiger partial charge in [0.25, 0.3) is 0 Å². The number of nitriles is 1. The lowest BCUT2D eigenvalue weighted by atomic mass is 10.2. The lowest BCUT2D eigenvalue weighted by Gasteiger charge is -2.06. The maximum atomic E-state index is 9.04. The summed E-state index contributed by atoms with van der Waals surface area (Å²) in [4.78, 5) is 7.63. The van der Waals surface area contributed by atoms with Gasteiger partial charge in [0, 0.05) is 0 Å². The van der Waals surface area contributed by atoms with Crippen molar-refractivity contribution in [3.05, 3.63) is 52.7 Å². The third kappa shape index (κ3) is 2.09. The smallest absolute Gasteiger partial charge is 0.223 e. The van der Waals surface area contributed by atoms with Crippen LogP contribution in [0.3, 0.4) is 0 Å². The number of hydrogen-bond acceptors (Lipinski definition) is 5. The number of pyridine rings is 1. The van der Waals surface area contributed by atoms with Gasteiger partial charge in [-0.2, -0.15) is 16.6 Å². The van der Waals surface area contributed by atoms with Crippen LogP contribution >= 0.6 is 11.3 Å². The zero-order chi connectivity index (χ0) is 13.9. The van der Waals surface area contributed by atoms with Crippen LogP contribution in [0.2, 0.25) is 0 Å². The Bertz CT molecular complexity index is 837. The van der Waals surface area contributed by atoms with E-state index in [2.05, 4.69) is 15.1 Å². The Kier molecular flexibility index (Phi) is 3.08. The van der Waals surface area contributed by atoms with Gasteiger partial charge in [-0.25, -0.2) is 9.83 Å². The largest absolute Gasteiger partial charge is 0.467 e. The van der Waals surface area contributed by atoms with Gasteiger partial charge in [-0.15, -0.1) is 0 Å². The van der Waals surface area contributed by atoms with Crippen molar-refractivity contribution in [1.29, 1.82) is 5.26 Å². The highest BCUT2D eigenvalue weighted by molar-refractivity contribution is 7.18. The first kappa shape index (κ1) is 12.2. The SMILES string of the molecule is [C-]#[N+]c1csc2c(NCc3ccco3)cc(C#N)nc12. The molecule has 3 heterocycles. The molecule has 0 spiro atoms. The van der Waals surface area contributed by atoms with Crippen molar-refractivity contribution in [3.63, 3.8) is 0 Å². The summed E-state index contributed by atoms with van der Waals surface area (Å²) < 4.78 is 6.14. The minimum Gasteiger partial charge on any atom is -0.467 e. The molecule has 0 aliphatic rings. The molecule has 0 aromatic carbocycles. The van der Waals surface area contributed by atoms with E-state index in [1.54, 1.807) is 17.7 Å². The first-order valence-electron chi connectivity index (χ1n) is 5.78. The fourth-order valence-corrected chi connectivity index (χ4v) is 2.77. The van der Waals surface area contributed by atoms with E-state index in [-0.39, 0.29) is 0 Å². The number of hydrogen-bond donors (Lipinski definition) is 1. The second-order valence-electron chi connectivity index (χ2n) is 4.01. The molecule has 0 saturated carbocycles. The maximum Gasteiger partial charge on any atom is 0.223 e. The lowest BCUT2D eigenvalue weighted by Crippen LogP contribution is -1.99. The first-order valence-corrected chi connectivity index (χ1v) is 6.66. The molecule has 3 rings (SSSR count). The molecule has 3 aromatic heterocycles. The number of thiophene rings is 1. The van der Waals surface area contributed by atoms with Crippen molar-refractivity contribution in [2.24, 2.45) is 0 Å². The van der Waals surface area contributed by atoms with Gasteiger partial charge in [-0.05, 0) is 23.6 Å². The average molecular weight is 280 g/mol. The van der Waals surface area contributed by atoms with Crippen LogP contribution < -0.4 is 5.32 Å². The Balaban J connectivity index is 2.03. The molecule has 0 saturated heterocycles. The number of rotatable bonds is 3. The molecule has 5 nitrogen and oxygen atoms in total. The van der Waals surface area contributed by atoms with E-state index < -0.39 is 0 Å². The molecule has 0 bridgehead atoms. The third-order valence-corrected chi connectivity index (χ3v) is 3.76. The average Bonchev–Trinajstić information content (AvgIpc) is 3.13. The van der Waals surface area contributed by atoms with Crippen molar-refractivity contribution in [2.45, 2.75) is 6.54 Å². The van der Waals surface area contributed by atoms with Gasteiger partial charge in [0.1, 0.15) is 17.5 Å². The molecular weight excluding hydrogens is 272 g/mol. The molecule has 3 aromatic rings. The van der Waals surface area contributed by atoms with Crippen LogP contribution in [0.5, 0.6) is 0 Å². The topological polar surface area (TPSA) is 66.2 Å². The van der Waals surface area contributed by atoms with Gasteiger partial charge in [-0.3, -0.25) is 0 Å². The minimum atomic E-state index is 0.294. The highest BCUT2D eigenvalue weighted by Crippen LogP contribution is 2.36. The van der Waals surface area contributed by atoms with Gasteiger partial charge in [0.2, 0.25) is 5.69 Å². The molecule has 0 unspecified atom stereocenters. The zero-order valence-electron chi connectivity index (χ0n) is 10.3. The van der Waals surface area contributed by atoms with E-state index in [1.807, 2.05) is 18.2 Å². The first-order chi connectivity index (χ1) is 9.81. The van der Waals surface area contributed by atoms with Crippen molar-refractivity contribution in [1.82, 2.24) is 4.98 Å². The summed E-state index contributed by atoms with van der Waals surface area (Å²) in [5.41, 5.74) is 2.14. The summed E-state index contributed by atoms with van der Waals surface area (Å²) in [5, 5.41) is 14.0. The molecule has 0 radical (unpaired) electrons. The number of aromatic nitrogens is 1. The van der Waals surface area contributed by atoms with Crippen LogP contribution in [0.25, 0.3) is 15.1 Å². The van der Waals surface area contributed by atoms with Crippen LogP contribution in [0.4, 0.5) is 11.4 Å². The summed E-state index contributed by atoms with van der Waals surface area (Å²) in [6.07, 6.45) is 1.61. The summed E-state index contributed by atoms with van der Waals surface area (Å²) in [6.45, 7) is 7.65. The molecule has 0 aliphatic heterocycles. The Labute approximate surface area is 118 Å². The number of fused-ring (bicyclic) bond motifs is 1. The fraction of sp³-hybridized carbons (Fsp3) is 0.0714. The predicted octanol–water partition coefficient (Wildman–Crippen LogP) is 3.92. The fourth-order valence-electron chi connectivity index (χ4n) is 1.86. The molecular formula is C14H8N4OS. The van der Waals surface area contributed by atoms with Crippen molar-refractivity contribution in [3.8, 4) is 6.07 Å². The third-order valence-electron chi connectivity index (χ3n) is 2.77. The minimum absolute atomic E-state index is 0.294. The predicted molar refractivity (Wildman–Crippen MR) is 76.6 cm³/mol. The number of nitrogens with one attached hydrogen (secondary N) is 1. The van der Waals surface area contributed by atoms with Crippen LogP contribution in [0.1, 0.15) is 11.5 Å². The highest BCUT2D eigenvalue weighted by Gasteiger charge is 2.12.